The van der Waals surface area contributed by atoms with Crippen LogP contribution in [0.15, 0.2) is 47.5 Å². The van der Waals surface area contributed by atoms with Crippen molar-refractivity contribution in [2.45, 2.75) is 24.7 Å². The Morgan fingerprint density at radius 1 is 1.20 bits per heavy atom. The van der Waals surface area contributed by atoms with Gasteiger partial charge in [-0.3, -0.25) is 4.98 Å². The first kappa shape index (κ1) is 16.5. The van der Waals surface area contributed by atoms with E-state index in [1.54, 1.807) is 18.3 Å². The molecule has 1 unspecified atom stereocenters. The van der Waals surface area contributed by atoms with Crippen LogP contribution < -0.4 is 4.72 Å². The second kappa shape index (κ2) is 5.78. The number of aromatic nitrogens is 1. The zero-order valence-corrected chi connectivity index (χ0v) is 15.2. The SMILES string of the molecule is C/C=S1\Nc2c(cc(Cl)c3cccnc23)-c2cc(C(C)(F)F)ccc21. The Hall–Kier alpha value is -1.98. The molecule has 2 nitrogen and oxygen atoms in total. The summed E-state index contributed by atoms with van der Waals surface area (Å²) < 4.78 is 31.2. The fraction of sp³-hybridized carbons (Fsp3) is 0.158. The Morgan fingerprint density at radius 2 is 2.00 bits per heavy atom. The molecule has 2 heterocycles. The number of pyridine rings is 1. The molecule has 0 radical (unpaired) electrons. The molecule has 0 bridgehead atoms. The molecule has 4 rings (SSSR count). The second-order valence-corrected chi connectivity index (χ2v) is 8.15. The summed E-state index contributed by atoms with van der Waals surface area (Å²) in [6.07, 6.45) is 1.71. The number of anilines is 1. The highest BCUT2D eigenvalue weighted by molar-refractivity contribution is 8.16. The van der Waals surface area contributed by atoms with Crippen molar-refractivity contribution in [3.05, 3.63) is 53.2 Å². The zero-order chi connectivity index (χ0) is 17.8. The van der Waals surface area contributed by atoms with Crippen molar-refractivity contribution < 1.29 is 8.78 Å². The summed E-state index contributed by atoms with van der Waals surface area (Å²) in [4.78, 5) is 5.44. The highest BCUT2D eigenvalue weighted by atomic mass is 35.5. The van der Waals surface area contributed by atoms with E-state index in [2.05, 4.69) is 9.71 Å². The normalized spacial score (nSPS) is 16.4. The average molecular weight is 377 g/mol. The van der Waals surface area contributed by atoms with Gasteiger partial charge >= 0.3 is 0 Å². The van der Waals surface area contributed by atoms with Gasteiger partial charge in [0, 0.05) is 34.5 Å². The molecule has 0 spiro atoms. The molecule has 0 saturated carbocycles. The lowest BCUT2D eigenvalue weighted by Crippen LogP contribution is -2.10. The minimum atomic E-state index is -2.90. The van der Waals surface area contributed by atoms with Gasteiger partial charge in [-0.15, -0.1) is 0 Å². The smallest absolute Gasteiger partial charge is 0.270 e. The number of hydrogen-bond acceptors (Lipinski definition) is 2. The van der Waals surface area contributed by atoms with Gasteiger partial charge in [-0.1, -0.05) is 28.3 Å². The lowest BCUT2D eigenvalue weighted by Gasteiger charge is -2.27. The van der Waals surface area contributed by atoms with E-state index in [-0.39, 0.29) is 16.2 Å². The first-order valence-electron chi connectivity index (χ1n) is 7.79. The zero-order valence-electron chi connectivity index (χ0n) is 13.6. The van der Waals surface area contributed by atoms with Crippen molar-refractivity contribution in [1.29, 1.82) is 0 Å². The fourth-order valence-corrected chi connectivity index (χ4v) is 4.86. The van der Waals surface area contributed by atoms with E-state index in [4.69, 9.17) is 11.6 Å². The quantitative estimate of drug-likeness (QED) is 0.493. The third kappa shape index (κ3) is 2.62. The Labute approximate surface area is 151 Å². The average Bonchev–Trinajstić information content (AvgIpc) is 2.60. The van der Waals surface area contributed by atoms with Gasteiger partial charge in [0.05, 0.1) is 16.2 Å². The van der Waals surface area contributed by atoms with E-state index in [0.29, 0.717) is 5.02 Å². The minimum absolute atomic E-state index is 0.00371. The molecule has 0 amide bonds. The van der Waals surface area contributed by atoms with Crippen LogP contribution >= 0.6 is 22.3 Å². The third-order valence-electron chi connectivity index (χ3n) is 4.30. The number of benzene rings is 2. The predicted molar refractivity (Wildman–Crippen MR) is 103 cm³/mol. The predicted octanol–water partition coefficient (Wildman–Crippen LogP) is 6.46. The molecule has 3 aromatic rings. The topological polar surface area (TPSA) is 24.9 Å². The molecule has 0 fully saturated rings. The van der Waals surface area contributed by atoms with Crippen LogP contribution in [-0.4, -0.2) is 10.4 Å². The monoisotopic (exact) mass is 376 g/mol. The van der Waals surface area contributed by atoms with Crippen LogP contribution in [-0.2, 0) is 5.92 Å². The first-order valence-corrected chi connectivity index (χ1v) is 9.46. The molecular formula is C19H15ClF2N2S. The maximum absolute atomic E-state index is 13.9. The number of rotatable bonds is 1. The van der Waals surface area contributed by atoms with Crippen LogP contribution in [0.3, 0.4) is 0 Å². The Balaban J connectivity index is 2.09. The first-order chi connectivity index (χ1) is 11.9. The van der Waals surface area contributed by atoms with Gasteiger partial charge in [-0.05, 0) is 48.2 Å². The van der Waals surface area contributed by atoms with E-state index in [9.17, 15) is 8.78 Å². The minimum Gasteiger partial charge on any atom is -0.329 e. The molecule has 128 valence electrons. The van der Waals surface area contributed by atoms with Gasteiger partial charge in [-0.25, -0.2) is 8.78 Å². The molecule has 6 heteroatoms. The Kier molecular flexibility index (Phi) is 3.81. The van der Waals surface area contributed by atoms with Crippen molar-refractivity contribution in [2.75, 3.05) is 4.72 Å². The van der Waals surface area contributed by atoms with Gasteiger partial charge < -0.3 is 4.72 Å². The van der Waals surface area contributed by atoms with Crippen molar-refractivity contribution in [2.24, 2.45) is 0 Å². The molecule has 1 atom stereocenters. The molecule has 1 aliphatic rings. The fourth-order valence-electron chi connectivity index (χ4n) is 3.07. The van der Waals surface area contributed by atoms with Crippen molar-refractivity contribution >= 4 is 44.2 Å². The number of hydrogen-bond donors (Lipinski definition) is 1. The number of alkyl halides is 2. The molecule has 25 heavy (non-hydrogen) atoms. The lowest BCUT2D eigenvalue weighted by atomic mass is 9.97. The maximum Gasteiger partial charge on any atom is 0.270 e. The second-order valence-electron chi connectivity index (χ2n) is 5.96. The summed E-state index contributed by atoms with van der Waals surface area (Å²) in [5, 5.41) is 3.44. The number of halogens is 3. The van der Waals surface area contributed by atoms with Crippen LogP contribution in [0, 0.1) is 0 Å². The van der Waals surface area contributed by atoms with E-state index < -0.39 is 5.92 Å². The molecule has 0 aliphatic carbocycles. The molecule has 1 aliphatic heterocycles. The Morgan fingerprint density at radius 3 is 2.72 bits per heavy atom. The third-order valence-corrected chi connectivity index (χ3v) is 6.34. The number of fused-ring (bicyclic) bond motifs is 5. The number of nitrogens with zero attached hydrogens (tertiary/aromatic N) is 1. The van der Waals surface area contributed by atoms with Gasteiger partial charge in [0.1, 0.15) is 0 Å². The highest BCUT2D eigenvalue weighted by Crippen LogP contribution is 2.50. The van der Waals surface area contributed by atoms with Crippen LogP contribution in [0.5, 0.6) is 0 Å². The molecule has 2 aromatic carbocycles. The van der Waals surface area contributed by atoms with E-state index >= 15 is 0 Å². The van der Waals surface area contributed by atoms with E-state index in [0.717, 1.165) is 39.5 Å². The highest BCUT2D eigenvalue weighted by Gasteiger charge is 2.28. The van der Waals surface area contributed by atoms with Crippen LogP contribution in [0.4, 0.5) is 14.5 Å². The summed E-state index contributed by atoms with van der Waals surface area (Å²) in [5.74, 6) is -2.90. The summed E-state index contributed by atoms with van der Waals surface area (Å²) in [6.45, 7) is 2.87. The van der Waals surface area contributed by atoms with Gasteiger partial charge in [0.15, 0.2) is 0 Å². The van der Waals surface area contributed by atoms with Crippen LogP contribution in [0.2, 0.25) is 5.02 Å². The molecular weight excluding hydrogens is 362 g/mol. The van der Waals surface area contributed by atoms with Gasteiger partial charge in [0.2, 0.25) is 0 Å². The standard InChI is InChI=1S/C19H15ClF2N2S/c1-3-25-16-7-6-11(19(2,21)22)9-13(16)14-10-15(20)12-5-4-8-23-17(12)18(14)24-25/h3-10,24H,1-2H3. The van der Waals surface area contributed by atoms with Gasteiger partial charge in [-0.2, -0.15) is 0 Å². The maximum atomic E-state index is 13.9. The summed E-state index contributed by atoms with van der Waals surface area (Å²) in [5.41, 5.74) is 3.18. The molecule has 0 saturated heterocycles. The van der Waals surface area contributed by atoms with Gasteiger partial charge in [0.25, 0.3) is 5.92 Å². The lowest BCUT2D eigenvalue weighted by molar-refractivity contribution is 0.0175. The molecule has 1 N–H and O–H groups in total. The molecule has 1 aromatic heterocycles. The van der Waals surface area contributed by atoms with Crippen molar-refractivity contribution in [3.63, 3.8) is 0 Å². The summed E-state index contributed by atoms with van der Waals surface area (Å²) in [7, 11) is -0.389. The number of nitrogens with one attached hydrogen (secondary N) is 1. The largest absolute Gasteiger partial charge is 0.329 e. The Bertz CT molecular complexity index is 1040. The van der Waals surface area contributed by atoms with E-state index in [1.807, 2.05) is 30.5 Å². The summed E-state index contributed by atoms with van der Waals surface area (Å²) >= 11 is 6.44. The van der Waals surface area contributed by atoms with Crippen LogP contribution in [0.1, 0.15) is 19.4 Å². The van der Waals surface area contributed by atoms with E-state index in [1.165, 1.54) is 6.07 Å². The van der Waals surface area contributed by atoms with Crippen molar-refractivity contribution in [3.8, 4) is 11.1 Å². The van der Waals surface area contributed by atoms with Crippen LogP contribution in [0.25, 0.3) is 22.0 Å². The van der Waals surface area contributed by atoms with Crippen molar-refractivity contribution in [1.82, 2.24) is 4.98 Å². The summed E-state index contributed by atoms with van der Waals surface area (Å²) in [6, 6.07) is 10.4.